The van der Waals surface area contributed by atoms with Crippen molar-refractivity contribution in [3.05, 3.63) is 95.4 Å². The molecule has 1 aromatic heterocycles. The average Bonchev–Trinajstić information content (AvgIpc) is 3.24. The van der Waals surface area contributed by atoms with Crippen LogP contribution in [0, 0.1) is 12.7 Å². The highest BCUT2D eigenvalue weighted by Crippen LogP contribution is 2.33. The third kappa shape index (κ3) is 5.60. The maximum absolute atomic E-state index is 13.7. The number of hydrogen-bond donors (Lipinski definition) is 2. The number of amides is 1. The third-order valence-electron chi connectivity index (χ3n) is 5.91. The molecule has 0 aliphatic carbocycles. The lowest BCUT2D eigenvalue weighted by Crippen LogP contribution is -2.16. The number of ether oxygens (including phenoxy) is 1. The number of nitrogens with zero attached hydrogens (tertiary/aromatic N) is 1. The average molecular weight is 489 g/mol. The van der Waals surface area contributed by atoms with E-state index in [9.17, 15) is 19.1 Å². The molecule has 4 aromatic rings. The molecule has 3 aromatic carbocycles. The molecule has 1 atom stereocenters. The molecule has 1 amide bonds. The van der Waals surface area contributed by atoms with Crippen LogP contribution in [0.2, 0.25) is 0 Å². The maximum atomic E-state index is 13.7. The summed E-state index contributed by atoms with van der Waals surface area (Å²) < 4.78 is 24.4. The minimum Gasteiger partial charge on any atom is -0.481 e. The highest BCUT2D eigenvalue weighted by molar-refractivity contribution is 5.91. The van der Waals surface area contributed by atoms with Crippen LogP contribution < -0.4 is 5.32 Å². The van der Waals surface area contributed by atoms with Crippen molar-refractivity contribution in [3.8, 4) is 22.5 Å². The lowest BCUT2D eigenvalue weighted by molar-refractivity contribution is -0.138. The van der Waals surface area contributed by atoms with E-state index in [4.69, 9.17) is 9.26 Å². The Morgan fingerprint density at radius 1 is 1.00 bits per heavy atom. The number of nitrogens with one attached hydrogen (secondary N) is 1. The minimum atomic E-state index is -0.868. The molecule has 0 radical (unpaired) electrons. The van der Waals surface area contributed by atoms with Crippen molar-refractivity contribution in [2.45, 2.75) is 26.2 Å². The second-order valence-electron chi connectivity index (χ2n) is 8.33. The van der Waals surface area contributed by atoms with E-state index in [1.807, 2.05) is 48.5 Å². The summed E-state index contributed by atoms with van der Waals surface area (Å²) in [4.78, 5) is 23.5. The number of carboxylic acids is 1. The molecular weight excluding hydrogens is 463 g/mol. The van der Waals surface area contributed by atoms with Gasteiger partial charge < -0.3 is 14.4 Å². The van der Waals surface area contributed by atoms with Crippen LogP contribution in [-0.4, -0.2) is 28.9 Å². The summed E-state index contributed by atoms with van der Waals surface area (Å²) in [6.45, 7) is 3.37. The third-order valence-corrected chi connectivity index (χ3v) is 5.91. The van der Waals surface area contributed by atoms with Crippen molar-refractivity contribution in [1.29, 1.82) is 0 Å². The molecule has 0 bridgehead atoms. The van der Waals surface area contributed by atoms with Gasteiger partial charge in [0.2, 0.25) is 0 Å². The van der Waals surface area contributed by atoms with Crippen LogP contribution in [-0.2, 0) is 16.0 Å². The van der Waals surface area contributed by atoms with Crippen molar-refractivity contribution in [2.75, 3.05) is 11.9 Å². The van der Waals surface area contributed by atoms with Gasteiger partial charge >= 0.3 is 12.1 Å². The summed E-state index contributed by atoms with van der Waals surface area (Å²) in [6, 6.07) is 21.2. The zero-order valence-corrected chi connectivity index (χ0v) is 19.8. The van der Waals surface area contributed by atoms with Gasteiger partial charge in [0, 0.05) is 12.0 Å². The zero-order valence-electron chi connectivity index (χ0n) is 19.8. The van der Waals surface area contributed by atoms with Crippen molar-refractivity contribution in [1.82, 2.24) is 5.16 Å². The van der Waals surface area contributed by atoms with Gasteiger partial charge in [-0.2, -0.15) is 0 Å². The number of carboxylic acid groups (broad SMARTS) is 1. The van der Waals surface area contributed by atoms with E-state index in [-0.39, 0.29) is 18.8 Å². The second kappa shape index (κ2) is 10.9. The van der Waals surface area contributed by atoms with Gasteiger partial charge in [-0.3, -0.25) is 10.1 Å². The molecule has 0 saturated heterocycles. The first-order valence-corrected chi connectivity index (χ1v) is 11.4. The molecule has 7 nitrogen and oxygen atoms in total. The summed E-state index contributed by atoms with van der Waals surface area (Å²) >= 11 is 0. The van der Waals surface area contributed by atoms with Crippen LogP contribution in [0.15, 0.2) is 77.3 Å². The van der Waals surface area contributed by atoms with Crippen molar-refractivity contribution in [3.63, 3.8) is 0 Å². The molecule has 0 spiro atoms. The first-order valence-electron chi connectivity index (χ1n) is 11.4. The molecule has 0 aliphatic heterocycles. The number of anilines is 1. The Labute approximate surface area is 207 Å². The van der Waals surface area contributed by atoms with E-state index >= 15 is 0 Å². The van der Waals surface area contributed by atoms with Gasteiger partial charge in [0.25, 0.3) is 0 Å². The first kappa shape index (κ1) is 24.7. The predicted molar refractivity (Wildman–Crippen MR) is 133 cm³/mol. The quantitative estimate of drug-likeness (QED) is 0.296. The van der Waals surface area contributed by atoms with Gasteiger partial charge in [-0.25, -0.2) is 9.18 Å². The summed E-state index contributed by atoms with van der Waals surface area (Å²) in [5.74, 6) is -1.40. The summed E-state index contributed by atoms with van der Waals surface area (Å²) in [5, 5.41) is 15.8. The normalized spacial score (nSPS) is 11.6. The van der Waals surface area contributed by atoms with Gasteiger partial charge in [-0.05, 0) is 42.2 Å². The number of rotatable bonds is 8. The maximum Gasteiger partial charge on any atom is 0.411 e. The number of hydrogen-bond acceptors (Lipinski definition) is 5. The lowest BCUT2D eigenvalue weighted by atomic mass is 9.97. The van der Waals surface area contributed by atoms with Crippen LogP contribution in [0.4, 0.5) is 14.9 Å². The summed E-state index contributed by atoms with van der Waals surface area (Å²) in [5.41, 5.74) is 4.67. The second-order valence-corrected chi connectivity index (χ2v) is 8.33. The number of benzene rings is 3. The predicted octanol–water partition coefficient (Wildman–Crippen LogP) is 6.44. The van der Waals surface area contributed by atoms with Gasteiger partial charge in [-0.15, -0.1) is 0 Å². The fourth-order valence-electron chi connectivity index (χ4n) is 3.73. The summed E-state index contributed by atoms with van der Waals surface area (Å²) in [6.07, 6.45) is -0.432. The van der Waals surface area contributed by atoms with E-state index in [2.05, 4.69) is 10.5 Å². The van der Waals surface area contributed by atoms with Crippen molar-refractivity contribution >= 4 is 17.7 Å². The number of carbonyl (C=O) groups is 2. The van der Waals surface area contributed by atoms with Crippen molar-refractivity contribution < 1.29 is 28.3 Å². The number of aromatic nitrogens is 1. The van der Waals surface area contributed by atoms with Gasteiger partial charge in [0.15, 0.2) is 5.76 Å². The molecule has 0 aliphatic rings. The lowest BCUT2D eigenvalue weighted by Gasteiger charge is -2.09. The van der Waals surface area contributed by atoms with Crippen LogP contribution >= 0.6 is 0 Å². The number of aryl methyl sites for hydroxylation is 1. The minimum absolute atomic E-state index is 0.0190. The monoisotopic (exact) mass is 488 g/mol. The van der Waals surface area contributed by atoms with E-state index < -0.39 is 18.0 Å². The van der Waals surface area contributed by atoms with E-state index in [1.165, 1.54) is 6.07 Å². The van der Waals surface area contributed by atoms with Crippen LogP contribution in [0.5, 0.6) is 0 Å². The number of halogens is 1. The molecule has 1 heterocycles. The molecule has 184 valence electrons. The molecule has 8 heteroatoms. The van der Waals surface area contributed by atoms with E-state index in [0.29, 0.717) is 28.3 Å². The molecule has 0 fully saturated rings. The van der Waals surface area contributed by atoms with Crippen LogP contribution in [0.25, 0.3) is 22.5 Å². The fourth-order valence-corrected chi connectivity index (χ4v) is 3.73. The van der Waals surface area contributed by atoms with Gasteiger partial charge in [-0.1, -0.05) is 71.9 Å². The smallest absolute Gasteiger partial charge is 0.411 e. The Morgan fingerprint density at radius 2 is 1.61 bits per heavy atom. The fraction of sp³-hybridized carbons (Fsp3) is 0.179. The molecular formula is C28H25FN2O5. The SMILES string of the molecule is Cc1noc(-c2ccc(-c3ccc([C@@H](C)C(=O)O)cc3)cc2)c1NC(=O)OCCc1ccccc1F. The highest BCUT2D eigenvalue weighted by Gasteiger charge is 2.19. The molecule has 0 unspecified atom stereocenters. The largest absolute Gasteiger partial charge is 0.481 e. The van der Waals surface area contributed by atoms with Gasteiger partial charge in [0.05, 0.1) is 12.5 Å². The number of carbonyl (C=O) groups excluding carboxylic acids is 1. The highest BCUT2D eigenvalue weighted by atomic mass is 19.1. The first-order chi connectivity index (χ1) is 17.3. The Morgan fingerprint density at radius 3 is 2.25 bits per heavy atom. The Bertz CT molecular complexity index is 1360. The molecule has 36 heavy (non-hydrogen) atoms. The van der Waals surface area contributed by atoms with E-state index in [0.717, 1.165) is 16.7 Å². The number of aliphatic carboxylic acids is 1. The topological polar surface area (TPSA) is 102 Å². The van der Waals surface area contributed by atoms with E-state index in [1.54, 1.807) is 32.0 Å². The van der Waals surface area contributed by atoms with Gasteiger partial charge in [0.1, 0.15) is 17.2 Å². The molecule has 2 N–H and O–H groups in total. The molecule has 4 rings (SSSR count). The van der Waals surface area contributed by atoms with Crippen LogP contribution in [0.3, 0.4) is 0 Å². The molecule has 0 saturated carbocycles. The van der Waals surface area contributed by atoms with Crippen molar-refractivity contribution in [2.24, 2.45) is 0 Å². The standard InChI is InChI=1S/C28H25FN2O5/c1-17(27(32)33)19-7-9-20(10-8-19)21-11-13-23(14-12-21)26-25(18(2)31-36-26)30-28(34)35-16-15-22-5-3-4-6-24(22)29/h3-14,17H,15-16H2,1-2H3,(H,30,34)(H,32,33)/t17-/m1/s1. The Hall–Kier alpha value is -4.46. The zero-order chi connectivity index (χ0) is 25.7. The van der Waals surface area contributed by atoms with Crippen LogP contribution in [0.1, 0.15) is 29.7 Å². The Kier molecular flexibility index (Phi) is 7.44. The summed E-state index contributed by atoms with van der Waals surface area (Å²) in [7, 11) is 0. The Balaban J connectivity index is 1.42.